The molecule has 1 heterocycles. The predicted octanol–water partition coefficient (Wildman–Crippen LogP) is 4.43. The lowest BCUT2D eigenvalue weighted by molar-refractivity contribution is 0.554. The number of hydrogen-bond donors (Lipinski definition) is 2. The lowest BCUT2D eigenvalue weighted by Crippen LogP contribution is -2.30. The van der Waals surface area contributed by atoms with E-state index in [4.69, 9.17) is 0 Å². The summed E-state index contributed by atoms with van der Waals surface area (Å²) >= 11 is 0. The van der Waals surface area contributed by atoms with Gasteiger partial charge in [-0.25, -0.2) is 0 Å². The second-order valence-corrected chi connectivity index (χ2v) is 5.14. The lowest BCUT2D eigenvalue weighted by atomic mass is 9.91. The Morgan fingerprint density at radius 1 is 1.05 bits per heavy atom. The Kier molecular flexibility index (Phi) is 3.41. The van der Waals surface area contributed by atoms with E-state index in [1.54, 1.807) is 0 Å². The molecule has 2 unspecified atom stereocenters. The molecule has 2 aromatic rings. The Labute approximate surface area is 114 Å². The van der Waals surface area contributed by atoms with E-state index in [9.17, 15) is 0 Å². The Morgan fingerprint density at radius 3 is 2.58 bits per heavy atom. The van der Waals surface area contributed by atoms with Crippen molar-refractivity contribution >= 4 is 11.4 Å². The van der Waals surface area contributed by atoms with Crippen LogP contribution < -0.4 is 10.6 Å². The van der Waals surface area contributed by atoms with E-state index in [0.29, 0.717) is 12.1 Å². The Hall–Kier alpha value is -1.96. The smallest absolute Gasteiger partial charge is 0.0553 e. The summed E-state index contributed by atoms with van der Waals surface area (Å²) in [6, 6.07) is 20.0. The van der Waals surface area contributed by atoms with Gasteiger partial charge in [0, 0.05) is 17.4 Å². The van der Waals surface area contributed by atoms with Gasteiger partial charge >= 0.3 is 0 Å². The zero-order valence-corrected chi connectivity index (χ0v) is 11.3. The number of para-hydroxylation sites is 2. The van der Waals surface area contributed by atoms with Crippen molar-refractivity contribution < 1.29 is 0 Å². The fourth-order valence-electron chi connectivity index (χ4n) is 2.76. The van der Waals surface area contributed by atoms with E-state index < -0.39 is 0 Å². The van der Waals surface area contributed by atoms with Crippen LogP contribution >= 0.6 is 0 Å². The zero-order chi connectivity index (χ0) is 13.1. The van der Waals surface area contributed by atoms with Gasteiger partial charge in [-0.15, -0.1) is 0 Å². The van der Waals surface area contributed by atoms with Crippen LogP contribution in [0.15, 0.2) is 54.6 Å². The number of benzene rings is 2. The summed E-state index contributed by atoms with van der Waals surface area (Å²) in [5.74, 6) is 0. The molecule has 0 fully saturated rings. The van der Waals surface area contributed by atoms with E-state index in [0.717, 1.165) is 12.8 Å². The van der Waals surface area contributed by atoms with Gasteiger partial charge in [-0.05, 0) is 36.6 Å². The van der Waals surface area contributed by atoms with Gasteiger partial charge in [0.2, 0.25) is 0 Å². The Bertz CT molecular complexity index is 536. The summed E-state index contributed by atoms with van der Waals surface area (Å²) in [4.78, 5) is 0. The van der Waals surface area contributed by atoms with Crippen molar-refractivity contribution in [2.75, 3.05) is 10.6 Å². The summed E-state index contributed by atoms with van der Waals surface area (Å²) in [5.41, 5.74) is 3.84. The fraction of sp³-hybridized carbons (Fsp3) is 0.294. The van der Waals surface area contributed by atoms with E-state index in [1.807, 2.05) is 0 Å². The second kappa shape index (κ2) is 5.35. The van der Waals surface area contributed by atoms with Crippen molar-refractivity contribution in [1.29, 1.82) is 0 Å². The highest BCUT2D eigenvalue weighted by atomic mass is 15.0. The first kappa shape index (κ1) is 12.1. The molecule has 1 aliphatic heterocycles. The molecule has 0 radical (unpaired) electrons. The molecule has 0 aromatic heterocycles. The van der Waals surface area contributed by atoms with Gasteiger partial charge in [-0.2, -0.15) is 0 Å². The molecule has 1 aliphatic rings. The first-order valence-corrected chi connectivity index (χ1v) is 7.04. The summed E-state index contributed by atoms with van der Waals surface area (Å²) in [7, 11) is 0. The Morgan fingerprint density at radius 2 is 1.79 bits per heavy atom. The minimum absolute atomic E-state index is 0.393. The minimum Gasteiger partial charge on any atom is -0.382 e. The van der Waals surface area contributed by atoms with Gasteiger partial charge in [0.25, 0.3) is 0 Å². The van der Waals surface area contributed by atoms with Crippen LogP contribution in [0, 0.1) is 0 Å². The molecule has 3 rings (SSSR count). The maximum atomic E-state index is 3.66. The number of anilines is 2. The van der Waals surface area contributed by atoms with Crippen LogP contribution in [-0.4, -0.2) is 6.04 Å². The zero-order valence-electron chi connectivity index (χ0n) is 11.3. The van der Waals surface area contributed by atoms with Crippen molar-refractivity contribution in [3.05, 3.63) is 60.2 Å². The van der Waals surface area contributed by atoms with Crippen LogP contribution in [0.5, 0.6) is 0 Å². The average molecular weight is 252 g/mol. The van der Waals surface area contributed by atoms with Crippen molar-refractivity contribution in [3.63, 3.8) is 0 Å². The Balaban J connectivity index is 1.88. The molecule has 2 N–H and O–H groups in total. The summed E-state index contributed by atoms with van der Waals surface area (Å²) in [6.07, 6.45) is 2.28. The summed E-state index contributed by atoms with van der Waals surface area (Å²) in [6.45, 7) is 2.24. The molecule has 98 valence electrons. The highest BCUT2D eigenvalue weighted by Crippen LogP contribution is 2.35. The summed E-state index contributed by atoms with van der Waals surface area (Å²) < 4.78 is 0. The van der Waals surface area contributed by atoms with Crippen molar-refractivity contribution in [2.45, 2.75) is 31.8 Å². The van der Waals surface area contributed by atoms with Crippen molar-refractivity contribution in [3.8, 4) is 0 Å². The number of hydrogen-bond acceptors (Lipinski definition) is 2. The van der Waals surface area contributed by atoms with E-state index in [-0.39, 0.29) is 0 Å². The monoisotopic (exact) mass is 252 g/mol. The maximum absolute atomic E-state index is 3.66. The second-order valence-electron chi connectivity index (χ2n) is 5.14. The molecule has 2 atom stereocenters. The van der Waals surface area contributed by atoms with Crippen LogP contribution in [0.4, 0.5) is 11.4 Å². The van der Waals surface area contributed by atoms with Crippen LogP contribution in [0.25, 0.3) is 0 Å². The number of rotatable bonds is 3. The molecule has 0 saturated heterocycles. The minimum atomic E-state index is 0.393. The molecular formula is C17H20N2. The van der Waals surface area contributed by atoms with E-state index in [1.165, 1.54) is 16.9 Å². The van der Waals surface area contributed by atoms with Crippen molar-refractivity contribution in [2.24, 2.45) is 0 Å². The average Bonchev–Trinajstić information content (AvgIpc) is 2.48. The van der Waals surface area contributed by atoms with Crippen LogP contribution in [0.2, 0.25) is 0 Å². The van der Waals surface area contributed by atoms with Gasteiger partial charge in [-0.1, -0.05) is 43.3 Å². The molecule has 2 heteroatoms. The lowest BCUT2D eigenvalue weighted by Gasteiger charge is -2.33. The van der Waals surface area contributed by atoms with Crippen LogP contribution in [-0.2, 0) is 0 Å². The quantitative estimate of drug-likeness (QED) is 0.844. The van der Waals surface area contributed by atoms with Gasteiger partial charge < -0.3 is 10.6 Å². The third-order valence-electron chi connectivity index (χ3n) is 3.82. The van der Waals surface area contributed by atoms with Crippen LogP contribution in [0.1, 0.15) is 31.4 Å². The molecule has 19 heavy (non-hydrogen) atoms. The molecule has 2 nitrogen and oxygen atoms in total. The molecule has 0 aliphatic carbocycles. The van der Waals surface area contributed by atoms with E-state index >= 15 is 0 Å². The van der Waals surface area contributed by atoms with Gasteiger partial charge in [0.05, 0.1) is 6.04 Å². The highest BCUT2D eigenvalue weighted by Gasteiger charge is 2.24. The van der Waals surface area contributed by atoms with Gasteiger partial charge in [0.15, 0.2) is 0 Å². The van der Waals surface area contributed by atoms with Crippen molar-refractivity contribution in [1.82, 2.24) is 0 Å². The first-order chi connectivity index (χ1) is 9.36. The third kappa shape index (κ3) is 2.58. The highest BCUT2D eigenvalue weighted by molar-refractivity contribution is 5.58. The standard InChI is InChI=1S/C17H20N2/c1-2-13-12-17(19-14-8-4-3-5-9-14)15-10-6-7-11-16(15)18-13/h3-11,13,17-19H,2,12H2,1H3. The SMILES string of the molecule is CCC1CC(Nc2ccccc2)c2ccccc2N1. The molecule has 0 spiro atoms. The first-order valence-electron chi connectivity index (χ1n) is 7.04. The molecular weight excluding hydrogens is 232 g/mol. The number of fused-ring (bicyclic) bond motifs is 1. The number of nitrogens with one attached hydrogen (secondary N) is 2. The third-order valence-corrected chi connectivity index (χ3v) is 3.82. The predicted molar refractivity (Wildman–Crippen MR) is 81.6 cm³/mol. The van der Waals surface area contributed by atoms with Crippen LogP contribution in [0.3, 0.4) is 0 Å². The topological polar surface area (TPSA) is 24.1 Å². The molecule has 0 amide bonds. The molecule has 0 saturated carbocycles. The maximum Gasteiger partial charge on any atom is 0.0553 e. The normalized spacial score (nSPS) is 21.3. The largest absolute Gasteiger partial charge is 0.382 e. The van der Waals surface area contributed by atoms with E-state index in [2.05, 4.69) is 72.2 Å². The summed E-state index contributed by atoms with van der Waals surface area (Å²) in [5, 5.41) is 7.28. The fourth-order valence-corrected chi connectivity index (χ4v) is 2.76. The molecule has 2 aromatic carbocycles. The molecule has 0 bridgehead atoms. The van der Waals surface area contributed by atoms with Gasteiger partial charge in [-0.3, -0.25) is 0 Å². The van der Waals surface area contributed by atoms with Gasteiger partial charge in [0.1, 0.15) is 0 Å².